The maximum absolute atomic E-state index is 10.4. The lowest BCUT2D eigenvalue weighted by Gasteiger charge is -2.28. The molecule has 74 valence electrons. The molecule has 1 aliphatic rings. The molecule has 0 atom stereocenters. The van der Waals surface area contributed by atoms with Gasteiger partial charge in [0, 0.05) is 37.9 Å². The number of aldehydes is 1. The Morgan fingerprint density at radius 3 is 2.71 bits per heavy atom. The first kappa shape index (κ1) is 9.15. The fourth-order valence-electron chi connectivity index (χ4n) is 1.55. The van der Waals surface area contributed by atoms with E-state index in [9.17, 15) is 4.79 Å². The van der Waals surface area contributed by atoms with E-state index in [1.807, 2.05) is 6.07 Å². The quantitative estimate of drug-likeness (QED) is 0.683. The van der Waals surface area contributed by atoms with Crippen molar-refractivity contribution < 1.29 is 4.79 Å². The highest BCUT2D eigenvalue weighted by Gasteiger charge is 2.10. The van der Waals surface area contributed by atoms with E-state index < -0.39 is 0 Å². The average Bonchev–Trinajstić information content (AvgIpc) is 2.30. The minimum atomic E-state index is 0.629. The van der Waals surface area contributed by atoms with E-state index in [0.717, 1.165) is 38.3 Å². The van der Waals surface area contributed by atoms with E-state index in [4.69, 9.17) is 0 Å². The van der Waals surface area contributed by atoms with Crippen LogP contribution in [0.25, 0.3) is 0 Å². The van der Waals surface area contributed by atoms with E-state index in [0.29, 0.717) is 5.56 Å². The van der Waals surface area contributed by atoms with Crippen molar-refractivity contribution in [2.24, 2.45) is 0 Å². The number of anilines is 1. The van der Waals surface area contributed by atoms with Crippen molar-refractivity contribution in [2.45, 2.75) is 0 Å². The smallest absolute Gasteiger partial charge is 0.151 e. The molecule has 0 saturated carbocycles. The third-order valence-corrected chi connectivity index (χ3v) is 2.35. The zero-order valence-electron chi connectivity index (χ0n) is 7.94. The van der Waals surface area contributed by atoms with E-state index in [1.165, 1.54) is 0 Å². The summed E-state index contributed by atoms with van der Waals surface area (Å²) in [6, 6.07) is 3.70. The summed E-state index contributed by atoms with van der Waals surface area (Å²) in [5.41, 5.74) is 0.629. The zero-order chi connectivity index (χ0) is 9.80. The van der Waals surface area contributed by atoms with Crippen molar-refractivity contribution in [3.63, 3.8) is 0 Å². The SMILES string of the molecule is O=Cc1ccc(N2CCNCC2)nc1. The Labute approximate surface area is 82.9 Å². The van der Waals surface area contributed by atoms with Crippen LogP contribution in [-0.2, 0) is 0 Å². The highest BCUT2D eigenvalue weighted by atomic mass is 16.1. The third kappa shape index (κ3) is 1.90. The van der Waals surface area contributed by atoms with Gasteiger partial charge in [-0.25, -0.2) is 4.98 Å². The van der Waals surface area contributed by atoms with E-state index >= 15 is 0 Å². The Balaban J connectivity index is 2.11. The second-order valence-electron chi connectivity index (χ2n) is 3.30. The predicted octanol–water partition coefficient (Wildman–Crippen LogP) is 0.304. The summed E-state index contributed by atoms with van der Waals surface area (Å²) < 4.78 is 0. The summed E-state index contributed by atoms with van der Waals surface area (Å²) in [4.78, 5) is 16.9. The lowest BCUT2D eigenvalue weighted by molar-refractivity contribution is 0.112. The molecular formula is C10H13N3O. The molecular weight excluding hydrogens is 178 g/mol. The van der Waals surface area contributed by atoms with E-state index in [1.54, 1.807) is 12.3 Å². The normalized spacial score (nSPS) is 16.7. The van der Waals surface area contributed by atoms with Crippen LogP contribution in [0.3, 0.4) is 0 Å². The van der Waals surface area contributed by atoms with Gasteiger partial charge in [-0.05, 0) is 12.1 Å². The van der Waals surface area contributed by atoms with Gasteiger partial charge in [0.15, 0.2) is 6.29 Å². The fourth-order valence-corrected chi connectivity index (χ4v) is 1.55. The molecule has 0 bridgehead atoms. The Morgan fingerprint density at radius 2 is 2.14 bits per heavy atom. The standard InChI is InChI=1S/C10H13N3O/c14-8-9-1-2-10(12-7-9)13-5-3-11-4-6-13/h1-2,7-8,11H,3-6H2. The molecule has 0 amide bonds. The van der Waals surface area contributed by atoms with Gasteiger partial charge in [-0.15, -0.1) is 0 Å². The van der Waals surface area contributed by atoms with Crippen molar-refractivity contribution in [3.8, 4) is 0 Å². The molecule has 0 spiro atoms. The van der Waals surface area contributed by atoms with E-state index in [2.05, 4.69) is 15.2 Å². The van der Waals surface area contributed by atoms with Gasteiger partial charge in [0.2, 0.25) is 0 Å². The van der Waals surface area contributed by atoms with Crippen molar-refractivity contribution >= 4 is 12.1 Å². The lowest BCUT2D eigenvalue weighted by Crippen LogP contribution is -2.43. The van der Waals surface area contributed by atoms with Crippen LogP contribution in [0.5, 0.6) is 0 Å². The summed E-state index contributed by atoms with van der Waals surface area (Å²) in [7, 11) is 0. The van der Waals surface area contributed by atoms with Crippen molar-refractivity contribution in [1.29, 1.82) is 0 Å². The summed E-state index contributed by atoms with van der Waals surface area (Å²) >= 11 is 0. The number of aromatic nitrogens is 1. The Morgan fingerprint density at radius 1 is 1.36 bits per heavy atom. The zero-order valence-corrected chi connectivity index (χ0v) is 7.94. The van der Waals surface area contributed by atoms with Gasteiger partial charge < -0.3 is 10.2 Å². The molecule has 1 aliphatic heterocycles. The Kier molecular flexibility index (Phi) is 2.74. The molecule has 4 nitrogen and oxygen atoms in total. The average molecular weight is 191 g/mol. The van der Waals surface area contributed by atoms with Gasteiger partial charge in [0.05, 0.1) is 0 Å². The molecule has 2 heterocycles. The number of carbonyl (C=O) groups excluding carboxylic acids is 1. The number of carbonyl (C=O) groups is 1. The van der Waals surface area contributed by atoms with Crippen LogP contribution < -0.4 is 10.2 Å². The van der Waals surface area contributed by atoms with Crippen molar-refractivity contribution in [3.05, 3.63) is 23.9 Å². The van der Waals surface area contributed by atoms with Gasteiger partial charge in [-0.2, -0.15) is 0 Å². The van der Waals surface area contributed by atoms with Gasteiger partial charge in [-0.1, -0.05) is 0 Å². The van der Waals surface area contributed by atoms with Crippen LogP contribution in [-0.4, -0.2) is 37.4 Å². The first-order valence-electron chi connectivity index (χ1n) is 4.77. The van der Waals surface area contributed by atoms with Crippen LogP contribution >= 0.6 is 0 Å². The molecule has 1 aromatic heterocycles. The highest BCUT2D eigenvalue weighted by molar-refractivity contribution is 5.74. The second kappa shape index (κ2) is 4.19. The van der Waals surface area contributed by atoms with Crippen LogP contribution in [0.15, 0.2) is 18.3 Å². The summed E-state index contributed by atoms with van der Waals surface area (Å²) in [5, 5.41) is 3.28. The number of nitrogens with zero attached hydrogens (tertiary/aromatic N) is 2. The fraction of sp³-hybridized carbons (Fsp3) is 0.400. The monoisotopic (exact) mass is 191 g/mol. The van der Waals surface area contributed by atoms with Crippen LogP contribution in [0.4, 0.5) is 5.82 Å². The summed E-state index contributed by atoms with van der Waals surface area (Å²) in [5.74, 6) is 0.956. The first-order valence-corrected chi connectivity index (χ1v) is 4.77. The number of hydrogen-bond donors (Lipinski definition) is 1. The molecule has 1 N–H and O–H groups in total. The second-order valence-corrected chi connectivity index (χ2v) is 3.30. The number of rotatable bonds is 2. The van der Waals surface area contributed by atoms with Gasteiger partial charge in [0.25, 0.3) is 0 Å². The number of nitrogens with one attached hydrogen (secondary N) is 1. The third-order valence-electron chi connectivity index (χ3n) is 2.35. The molecule has 0 aromatic carbocycles. The molecule has 4 heteroatoms. The number of piperazine rings is 1. The molecule has 0 aliphatic carbocycles. The molecule has 1 aromatic rings. The Hall–Kier alpha value is -1.42. The first-order chi connectivity index (χ1) is 6.90. The van der Waals surface area contributed by atoms with Gasteiger partial charge >= 0.3 is 0 Å². The lowest BCUT2D eigenvalue weighted by atomic mass is 10.3. The molecule has 1 fully saturated rings. The highest BCUT2D eigenvalue weighted by Crippen LogP contribution is 2.10. The van der Waals surface area contributed by atoms with Gasteiger partial charge in [-0.3, -0.25) is 4.79 Å². The van der Waals surface area contributed by atoms with Crippen LogP contribution in [0.2, 0.25) is 0 Å². The minimum Gasteiger partial charge on any atom is -0.354 e. The molecule has 0 unspecified atom stereocenters. The molecule has 0 radical (unpaired) electrons. The van der Waals surface area contributed by atoms with Crippen molar-refractivity contribution in [2.75, 3.05) is 31.1 Å². The Bertz CT molecular complexity index is 304. The topological polar surface area (TPSA) is 45.2 Å². The van der Waals surface area contributed by atoms with Crippen molar-refractivity contribution in [1.82, 2.24) is 10.3 Å². The minimum absolute atomic E-state index is 0.629. The molecule has 14 heavy (non-hydrogen) atoms. The maximum Gasteiger partial charge on any atom is 0.151 e. The molecule has 2 rings (SSSR count). The largest absolute Gasteiger partial charge is 0.354 e. The number of pyridine rings is 1. The number of hydrogen-bond acceptors (Lipinski definition) is 4. The summed E-state index contributed by atoms with van der Waals surface area (Å²) in [6.45, 7) is 3.95. The van der Waals surface area contributed by atoms with Crippen LogP contribution in [0.1, 0.15) is 10.4 Å². The predicted molar refractivity (Wildman–Crippen MR) is 54.7 cm³/mol. The molecule has 1 saturated heterocycles. The van der Waals surface area contributed by atoms with Crippen LogP contribution in [0, 0.1) is 0 Å². The summed E-state index contributed by atoms with van der Waals surface area (Å²) in [6.07, 6.45) is 2.43. The van der Waals surface area contributed by atoms with E-state index in [-0.39, 0.29) is 0 Å². The maximum atomic E-state index is 10.4. The van der Waals surface area contributed by atoms with Gasteiger partial charge in [0.1, 0.15) is 5.82 Å².